The van der Waals surface area contributed by atoms with Crippen molar-refractivity contribution in [1.29, 1.82) is 0 Å². The van der Waals surface area contributed by atoms with Gasteiger partial charge in [0.2, 0.25) is 0 Å². The van der Waals surface area contributed by atoms with Gasteiger partial charge in [-0.25, -0.2) is 0 Å². The second-order valence-corrected chi connectivity index (χ2v) is 5.74. The molecule has 0 aliphatic rings. The van der Waals surface area contributed by atoms with E-state index in [4.69, 9.17) is 15.2 Å². The first-order valence-corrected chi connectivity index (χ1v) is 7.28. The van der Waals surface area contributed by atoms with Crippen molar-refractivity contribution in [1.82, 2.24) is 0 Å². The van der Waals surface area contributed by atoms with Crippen LogP contribution < -0.4 is 20.5 Å². The largest absolute Gasteiger partial charge is 0.497 e. The predicted octanol–water partition coefficient (Wildman–Crippen LogP) is 2.18. The minimum Gasteiger partial charge on any atom is -0.497 e. The molecule has 2 aromatic rings. The van der Waals surface area contributed by atoms with Gasteiger partial charge in [0.05, 0.1) is 12.7 Å². The van der Waals surface area contributed by atoms with Crippen molar-refractivity contribution >= 4 is 28.2 Å². The first-order chi connectivity index (χ1) is 10.5. The van der Waals surface area contributed by atoms with Gasteiger partial charge in [0.15, 0.2) is 6.61 Å². The van der Waals surface area contributed by atoms with Gasteiger partial charge < -0.3 is 20.5 Å². The average Bonchev–Trinajstić information content (AvgIpc) is 2.86. The molecule has 1 aromatic heterocycles. The fourth-order valence-electron chi connectivity index (χ4n) is 1.79. The molecule has 116 valence electrons. The molecule has 0 saturated heterocycles. The molecule has 0 aliphatic carbocycles. The lowest BCUT2D eigenvalue weighted by molar-refractivity contribution is -0.118. The summed E-state index contributed by atoms with van der Waals surface area (Å²) in [5.41, 5.74) is 5.57. The summed E-state index contributed by atoms with van der Waals surface area (Å²) in [5, 5.41) is 3.07. The number of carbonyl (C=O) groups excluding carboxylic acids is 2. The molecule has 0 atom stereocenters. The number of aryl methyl sites for hydroxylation is 1. The summed E-state index contributed by atoms with van der Waals surface area (Å²) < 4.78 is 10.5. The Morgan fingerprint density at radius 1 is 1.27 bits per heavy atom. The van der Waals surface area contributed by atoms with Crippen LogP contribution in [0.3, 0.4) is 0 Å². The van der Waals surface area contributed by atoms with Crippen LogP contribution in [-0.4, -0.2) is 25.5 Å². The molecule has 0 radical (unpaired) electrons. The molecule has 6 nitrogen and oxygen atoms in total. The average molecular weight is 320 g/mol. The monoisotopic (exact) mass is 320 g/mol. The van der Waals surface area contributed by atoms with Crippen molar-refractivity contribution in [3.8, 4) is 11.5 Å². The summed E-state index contributed by atoms with van der Waals surface area (Å²) in [6.45, 7) is 1.65. The lowest BCUT2D eigenvalue weighted by atomic mass is 10.3. The second-order valence-electron chi connectivity index (χ2n) is 4.48. The summed E-state index contributed by atoms with van der Waals surface area (Å²) in [7, 11) is 1.55. The fraction of sp³-hybridized carbons (Fsp3) is 0.200. The number of nitrogens with two attached hydrogens (primary N) is 1. The third kappa shape index (κ3) is 3.98. The van der Waals surface area contributed by atoms with Gasteiger partial charge in [0, 0.05) is 10.9 Å². The first kappa shape index (κ1) is 15.8. The molecule has 0 unspecified atom stereocenters. The number of ether oxygens (including phenoxy) is 2. The van der Waals surface area contributed by atoms with Crippen LogP contribution in [-0.2, 0) is 4.79 Å². The van der Waals surface area contributed by atoms with Crippen molar-refractivity contribution in [3.63, 3.8) is 0 Å². The molecule has 0 saturated carbocycles. The van der Waals surface area contributed by atoms with Crippen LogP contribution >= 0.6 is 11.3 Å². The minimum absolute atomic E-state index is 0.178. The van der Waals surface area contributed by atoms with Gasteiger partial charge in [-0.2, -0.15) is 0 Å². The van der Waals surface area contributed by atoms with Crippen molar-refractivity contribution in [2.75, 3.05) is 19.0 Å². The second kappa shape index (κ2) is 6.95. The SMILES string of the molecule is COc1cccc(OCC(=O)Nc2sc(C)cc2C(N)=O)c1. The standard InChI is InChI=1S/C15H16N2O4S/c1-9-6-12(14(16)19)15(22-9)17-13(18)8-21-11-5-3-4-10(7-11)20-2/h3-7H,8H2,1-2H3,(H2,16,19)(H,17,18). The Bertz CT molecular complexity index is 697. The number of primary amides is 1. The van der Waals surface area contributed by atoms with Crippen molar-refractivity contribution in [3.05, 3.63) is 40.8 Å². The zero-order chi connectivity index (χ0) is 16.1. The van der Waals surface area contributed by atoms with Gasteiger partial charge >= 0.3 is 0 Å². The fourth-order valence-corrected chi connectivity index (χ4v) is 2.73. The highest BCUT2D eigenvalue weighted by Crippen LogP contribution is 2.27. The van der Waals surface area contributed by atoms with Crippen molar-refractivity contribution in [2.45, 2.75) is 6.92 Å². The molecule has 3 N–H and O–H groups in total. The number of anilines is 1. The highest BCUT2D eigenvalue weighted by molar-refractivity contribution is 7.16. The van der Waals surface area contributed by atoms with Gasteiger partial charge in [-0.05, 0) is 25.1 Å². The minimum atomic E-state index is -0.576. The van der Waals surface area contributed by atoms with E-state index in [-0.39, 0.29) is 12.5 Å². The Labute approximate surface area is 131 Å². The van der Waals surface area contributed by atoms with Crippen LogP contribution in [0.2, 0.25) is 0 Å². The molecule has 1 aromatic carbocycles. The first-order valence-electron chi connectivity index (χ1n) is 6.46. The zero-order valence-corrected chi connectivity index (χ0v) is 13.0. The zero-order valence-electron chi connectivity index (χ0n) is 12.2. The quantitative estimate of drug-likeness (QED) is 0.853. The van der Waals surface area contributed by atoms with Gasteiger partial charge in [0.1, 0.15) is 16.5 Å². The van der Waals surface area contributed by atoms with Gasteiger partial charge in [-0.15, -0.1) is 11.3 Å². The maximum absolute atomic E-state index is 11.9. The summed E-state index contributed by atoms with van der Waals surface area (Å²) in [6, 6.07) is 8.59. The molecule has 1 heterocycles. The van der Waals surface area contributed by atoms with E-state index in [0.29, 0.717) is 22.1 Å². The normalized spacial score (nSPS) is 10.1. The number of thiophene rings is 1. The van der Waals surface area contributed by atoms with Gasteiger partial charge in [-0.1, -0.05) is 6.07 Å². The summed E-state index contributed by atoms with van der Waals surface area (Å²) >= 11 is 1.29. The van der Waals surface area contributed by atoms with E-state index in [9.17, 15) is 9.59 Å². The van der Waals surface area contributed by atoms with E-state index < -0.39 is 5.91 Å². The molecule has 0 aliphatic heterocycles. The Morgan fingerprint density at radius 3 is 2.68 bits per heavy atom. The van der Waals surface area contributed by atoms with E-state index in [1.165, 1.54) is 11.3 Å². The van der Waals surface area contributed by atoms with Crippen LogP contribution in [0.5, 0.6) is 11.5 Å². The smallest absolute Gasteiger partial charge is 0.262 e. The Morgan fingerprint density at radius 2 is 2.00 bits per heavy atom. The Kier molecular flexibility index (Phi) is 5.00. The molecular formula is C15H16N2O4S. The maximum Gasteiger partial charge on any atom is 0.262 e. The molecule has 0 fully saturated rings. The van der Waals surface area contributed by atoms with E-state index in [1.54, 1.807) is 37.4 Å². The number of nitrogens with one attached hydrogen (secondary N) is 1. The van der Waals surface area contributed by atoms with E-state index in [0.717, 1.165) is 4.88 Å². The summed E-state index contributed by atoms with van der Waals surface area (Å²) in [6.07, 6.45) is 0. The van der Waals surface area contributed by atoms with Crippen LogP contribution in [0, 0.1) is 6.92 Å². The Balaban J connectivity index is 1.97. The number of amides is 2. The van der Waals surface area contributed by atoms with Crippen LogP contribution in [0.15, 0.2) is 30.3 Å². The Hall–Kier alpha value is -2.54. The molecule has 0 spiro atoms. The number of benzene rings is 1. The third-order valence-corrected chi connectivity index (χ3v) is 3.75. The lowest BCUT2D eigenvalue weighted by Crippen LogP contribution is -2.21. The summed E-state index contributed by atoms with van der Waals surface area (Å²) in [5.74, 6) is 0.218. The number of hydrogen-bond donors (Lipinski definition) is 2. The highest BCUT2D eigenvalue weighted by Gasteiger charge is 2.14. The maximum atomic E-state index is 11.9. The number of methoxy groups -OCH3 is 1. The molecule has 22 heavy (non-hydrogen) atoms. The lowest BCUT2D eigenvalue weighted by Gasteiger charge is -2.08. The van der Waals surface area contributed by atoms with E-state index in [1.807, 2.05) is 6.92 Å². The van der Waals surface area contributed by atoms with Gasteiger partial charge in [0.25, 0.3) is 11.8 Å². The highest BCUT2D eigenvalue weighted by atomic mass is 32.1. The molecular weight excluding hydrogens is 304 g/mol. The van der Waals surface area contributed by atoms with E-state index >= 15 is 0 Å². The topological polar surface area (TPSA) is 90.7 Å². The van der Waals surface area contributed by atoms with E-state index in [2.05, 4.69) is 5.32 Å². The third-order valence-electron chi connectivity index (χ3n) is 2.78. The molecule has 7 heteroatoms. The molecule has 0 bridgehead atoms. The van der Waals surface area contributed by atoms with Gasteiger partial charge in [-0.3, -0.25) is 9.59 Å². The van der Waals surface area contributed by atoms with Crippen LogP contribution in [0.25, 0.3) is 0 Å². The molecule has 2 rings (SSSR count). The van der Waals surface area contributed by atoms with Crippen molar-refractivity contribution < 1.29 is 19.1 Å². The van der Waals surface area contributed by atoms with Crippen LogP contribution in [0.1, 0.15) is 15.2 Å². The summed E-state index contributed by atoms with van der Waals surface area (Å²) in [4.78, 5) is 24.1. The number of rotatable bonds is 6. The number of carbonyl (C=O) groups is 2. The molecule has 2 amide bonds. The van der Waals surface area contributed by atoms with Crippen LogP contribution in [0.4, 0.5) is 5.00 Å². The number of hydrogen-bond acceptors (Lipinski definition) is 5. The van der Waals surface area contributed by atoms with Crippen molar-refractivity contribution in [2.24, 2.45) is 5.73 Å². The predicted molar refractivity (Wildman–Crippen MR) is 84.7 cm³/mol.